The summed E-state index contributed by atoms with van der Waals surface area (Å²) < 4.78 is 4.84. The molecule has 23 heavy (non-hydrogen) atoms. The smallest absolute Gasteiger partial charge is 0.306 e. The zero-order chi connectivity index (χ0) is 17.2. The molecule has 0 spiro atoms. The van der Waals surface area contributed by atoms with E-state index in [9.17, 15) is 9.59 Å². The summed E-state index contributed by atoms with van der Waals surface area (Å²) in [5.74, 6) is -1.20. The van der Waals surface area contributed by atoms with Crippen LogP contribution in [0.4, 0.5) is 0 Å². The molecule has 0 aliphatic rings. The summed E-state index contributed by atoms with van der Waals surface area (Å²) in [6.45, 7) is 2.25. The van der Waals surface area contributed by atoms with Crippen LogP contribution in [0.3, 0.4) is 0 Å². The fourth-order valence-corrected chi connectivity index (χ4v) is 2.61. The van der Waals surface area contributed by atoms with E-state index in [1.165, 1.54) is 70.6 Å². The highest BCUT2D eigenvalue weighted by molar-refractivity contribution is 5.70. The van der Waals surface area contributed by atoms with Crippen LogP contribution in [0.1, 0.15) is 103 Å². The molecule has 136 valence electrons. The highest BCUT2D eigenvalue weighted by Crippen LogP contribution is 2.13. The molecule has 0 aromatic heterocycles. The molecule has 0 saturated heterocycles. The van der Waals surface area contributed by atoms with Gasteiger partial charge >= 0.3 is 11.9 Å². The number of hydrogen-bond donors (Lipinski definition) is 1. The molecule has 1 N–H and O–H groups in total. The number of carbonyl (C=O) groups is 2. The van der Waals surface area contributed by atoms with Gasteiger partial charge < -0.3 is 9.84 Å². The Labute approximate surface area is 142 Å². The zero-order valence-corrected chi connectivity index (χ0v) is 15.0. The second-order valence-corrected chi connectivity index (χ2v) is 6.36. The third-order valence-electron chi connectivity index (χ3n) is 4.06. The Balaban J connectivity index is 3.12. The predicted molar refractivity (Wildman–Crippen MR) is 93.5 cm³/mol. The minimum Gasteiger partial charge on any atom is -0.481 e. The Kier molecular flexibility index (Phi) is 16.5. The van der Waals surface area contributed by atoms with Gasteiger partial charge in [-0.15, -0.1) is 0 Å². The van der Waals surface area contributed by atoms with E-state index < -0.39 is 5.97 Å². The maximum atomic E-state index is 11.3. The first-order chi connectivity index (χ1) is 11.2. The molecular formula is C19H36O4. The maximum Gasteiger partial charge on any atom is 0.306 e. The summed E-state index contributed by atoms with van der Waals surface area (Å²) >= 11 is 0. The van der Waals surface area contributed by atoms with Crippen LogP contribution >= 0.6 is 0 Å². The monoisotopic (exact) mass is 328 g/mol. The van der Waals surface area contributed by atoms with Gasteiger partial charge in [-0.3, -0.25) is 9.59 Å². The van der Waals surface area contributed by atoms with Crippen molar-refractivity contribution in [3.63, 3.8) is 0 Å². The SMILES string of the molecule is CCCCCCCCCCCCCCCC(=O)OCCC(=O)O. The van der Waals surface area contributed by atoms with E-state index in [0.717, 1.165) is 12.8 Å². The molecule has 0 heterocycles. The lowest BCUT2D eigenvalue weighted by Crippen LogP contribution is -2.08. The lowest BCUT2D eigenvalue weighted by molar-refractivity contribution is -0.146. The molecule has 0 rings (SSSR count). The molecule has 0 fully saturated rings. The van der Waals surface area contributed by atoms with Gasteiger partial charge in [-0.2, -0.15) is 0 Å². The van der Waals surface area contributed by atoms with E-state index >= 15 is 0 Å². The summed E-state index contributed by atoms with van der Waals surface area (Å²) in [6, 6.07) is 0. The van der Waals surface area contributed by atoms with Crippen LogP contribution in [0.5, 0.6) is 0 Å². The number of aliphatic carboxylic acids is 1. The van der Waals surface area contributed by atoms with Crippen LogP contribution in [0.25, 0.3) is 0 Å². The zero-order valence-electron chi connectivity index (χ0n) is 15.0. The van der Waals surface area contributed by atoms with E-state index in [-0.39, 0.29) is 19.0 Å². The van der Waals surface area contributed by atoms with E-state index in [2.05, 4.69) is 6.92 Å². The van der Waals surface area contributed by atoms with Crippen molar-refractivity contribution >= 4 is 11.9 Å². The van der Waals surface area contributed by atoms with Crippen molar-refractivity contribution in [2.45, 2.75) is 103 Å². The van der Waals surface area contributed by atoms with Crippen molar-refractivity contribution in [2.75, 3.05) is 6.61 Å². The number of hydrogen-bond acceptors (Lipinski definition) is 3. The van der Waals surface area contributed by atoms with Crippen LogP contribution in [0.15, 0.2) is 0 Å². The standard InChI is InChI=1S/C19H36O4/c1-2-3-4-5-6-7-8-9-10-11-12-13-14-15-19(22)23-17-16-18(20)21/h2-17H2,1H3,(H,20,21). The quantitative estimate of drug-likeness (QED) is 0.283. The Bertz CT molecular complexity index is 289. The molecule has 0 saturated carbocycles. The molecule has 4 heteroatoms. The topological polar surface area (TPSA) is 63.6 Å². The number of carboxylic acids is 1. The number of esters is 1. The number of unbranched alkanes of at least 4 members (excludes halogenated alkanes) is 12. The molecule has 0 radical (unpaired) electrons. The summed E-state index contributed by atoms with van der Waals surface area (Å²) in [7, 11) is 0. The lowest BCUT2D eigenvalue weighted by atomic mass is 10.0. The fourth-order valence-electron chi connectivity index (χ4n) is 2.61. The van der Waals surface area contributed by atoms with E-state index in [0.29, 0.717) is 6.42 Å². The summed E-state index contributed by atoms with van der Waals surface area (Å²) in [5, 5.41) is 8.43. The first kappa shape index (κ1) is 21.9. The largest absolute Gasteiger partial charge is 0.481 e. The number of carbonyl (C=O) groups excluding carboxylic acids is 1. The predicted octanol–water partition coefficient (Wildman–Crippen LogP) is 5.49. The van der Waals surface area contributed by atoms with Gasteiger partial charge in [0.05, 0.1) is 6.42 Å². The molecular weight excluding hydrogens is 292 g/mol. The van der Waals surface area contributed by atoms with Gasteiger partial charge in [0, 0.05) is 6.42 Å². The fraction of sp³-hybridized carbons (Fsp3) is 0.895. The molecule has 0 aromatic carbocycles. The first-order valence-corrected chi connectivity index (χ1v) is 9.54. The van der Waals surface area contributed by atoms with Gasteiger partial charge in [-0.25, -0.2) is 0 Å². The van der Waals surface area contributed by atoms with Crippen LogP contribution in [-0.2, 0) is 14.3 Å². The summed E-state index contributed by atoms with van der Waals surface area (Å²) in [5.41, 5.74) is 0. The second-order valence-electron chi connectivity index (χ2n) is 6.36. The van der Waals surface area contributed by atoms with Gasteiger partial charge in [-0.1, -0.05) is 84.0 Å². The van der Waals surface area contributed by atoms with Crippen molar-refractivity contribution in [3.8, 4) is 0 Å². The van der Waals surface area contributed by atoms with E-state index in [1.807, 2.05) is 0 Å². The molecule has 0 aliphatic carbocycles. The average Bonchev–Trinajstić information content (AvgIpc) is 2.51. The van der Waals surface area contributed by atoms with Crippen molar-refractivity contribution in [2.24, 2.45) is 0 Å². The molecule has 0 unspecified atom stereocenters. The number of rotatable bonds is 17. The number of carboxylic acid groups (broad SMARTS) is 1. The van der Waals surface area contributed by atoms with Crippen LogP contribution in [-0.4, -0.2) is 23.7 Å². The Hall–Kier alpha value is -1.06. The molecule has 4 nitrogen and oxygen atoms in total. The number of ether oxygens (including phenoxy) is 1. The van der Waals surface area contributed by atoms with Crippen molar-refractivity contribution in [1.82, 2.24) is 0 Å². The third-order valence-corrected chi connectivity index (χ3v) is 4.06. The Morgan fingerprint density at radius 3 is 1.57 bits per heavy atom. The summed E-state index contributed by atoms with van der Waals surface area (Å²) in [4.78, 5) is 21.6. The van der Waals surface area contributed by atoms with Gasteiger partial charge in [-0.05, 0) is 6.42 Å². The Morgan fingerprint density at radius 1 is 0.696 bits per heavy atom. The van der Waals surface area contributed by atoms with Crippen LogP contribution < -0.4 is 0 Å². The molecule has 0 amide bonds. The van der Waals surface area contributed by atoms with Crippen LogP contribution in [0, 0.1) is 0 Å². The Morgan fingerprint density at radius 2 is 1.13 bits per heavy atom. The van der Waals surface area contributed by atoms with Crippen molar-refractivity contribution in [1.29, 1.82) is 0 Å². The minimum absolute atomic E-state index is 0.00733. The van der Waals surface area contributed by atoms with Crippen molar-refractivity contribution < 1.29 is 19.4 Å². The minimum atomic E-state index is -0.932. The first-order valence-electron chi connectivity index (χ1n) is 9.54. The average molecular weight is 328 g/mol. The summed E-state index contributed by atoms with van der Waals surface area (Å²) in [6.07, 6.45) is 16.9. The molecule has 0 aliphatic heterocycles. The van der Waals surface area contributed by atoms with Gasteiger partial charge in [0.25, 0.3) is 0 Å². The molecule has 0 atom stereocenters. The maximum absolute atomic E-state index is 11.3. The van der Waals surface area contributed by atoms with Gasteiger partial charge in [0.15, 0.2) is 0 Å². The van der Waals surface area contributed by atoms with Crippen LogP contribution in [0.2, 0.25) is 0 Å². The normalized spacial score (nSPS) is 10.7. The van der Waals surface area contributed by atoms with Crippen molar-refractivity contribution in [3.05, 3.63) is 0 Å². The lowest BCUT2D eigenvalue weighted by Gasteiger charge is -2.04. The van der Waals surface area contributed by atoms with E-state index in [1.54, 1.807) is 0 Å². The van der Waals surface area contributed by atoms with Gasteiger partial charge in [0.2, 0.25) is 0 Å². The van der Waals surface area contributed by atoms with E-state index in [4.69, 9.17) is 9.84 Å². The highest BCUT2D eigenvalue weighted by atomic mass is 16.5. The third kappa shape index (κ3) is 18.9. The second kappa shape index (κ2) is 17.3. The molecule has 0 aromatic rings. The highest BCUT2D eigenvalue weighted by Gasteiger charge is 2.04. The van der Waals surface area contributed by atoms with Gasteiger partial charge in [0.1, 0.15) is 6.61 Å². The molecule has 0 bridgehead atoms.